The first-order valence-electron chi connectivity index (χ1n) is 6.11. The lowest BCUT2D eigenvalue weighted by atomic mass is 10.2. The number of hydrogen-bond donors (Lipinski definition) is 1. The number of unbranched alkanes of at least 4 members (excludes halogenated alkanes) is 1. The van der Waals surface area contributed by atoms with E-state index < -0.39 is 0 Å². The van der Waals surface area contributed by atoms with Gasteiger partial charge in [-0.3, -0.25) is 9.48 Å². The van der Waals surface area contributed by atoms with Crippen LogP contribution in [0.4, 0.5) is 5.69 Å². The van der Waals surface area contributed by atoms with Gasteiger partial charge < -0.3 is 10.6 Å². The smallest absolute Gasteiger partial charge is 0.274 e. The van der Waals surface area contributed by atoms with Crippen molar-refractivity contribution >= 4 is 11.6 Å². The predicted molar refractivity (Wildman–Crippen MR) is 68.9 cm³/mol. The van der Waals surface area contributed by atoms with E-state index in [1.54, 1.807) is 16.6 Å². The number of anilines is 1. The number of carbonyl (C=O) groups excluding carboxylic acids is 1. The lowest BCUT2D eigenvalue weighted by Crippen LogP contribution is -2.30. The van der Waals surface area contributed by atoms with E-state index in [-0.39, 0.29) is 5.91 Å². The van der Waals surface area contributed by atoms with Crippen LogP contribution in [0.15, 0.2) is 0 Å². The first-order chi connectivity index (χ1) is 8.02. The van der Waals surface area contributed by atoms with Gasteiger partial charge in [0.15, 0.2) is 0 Å². The predicted octanol–water partition coefficient (Wildman–Crippen LogP) is 1.67. The van der Waals surface area contributed by atoms with E-state index in [0.717, 1.165) is 25.1 Å². The molecule has 0 aliphatic rings. The number of rotatable bonds is 5. The Morgan fingerprint density at radius 1 is 1.47 bits per heavy atom. The molecule has 96 valence electrons. The molecule has 5 nitrogen and oxygen atoms in total. The van der Waals surface area contributed by atoms with E-state index in [9.17, 15) is 4.79 Å². The SMILES string of the molecule is CCCCN(C)C(=O)c1c(N)c(C)nn1CC. The summed E-state index contributed by atoms with van der Waals surface area (Å²) in [5.74, 6) is -0.0431. The molecular formula is C12H22N4O. The number of aryl methyl sites for hydroxylation is 2. The number of nitrogens with zero attached hydrogens (tertiary/aromatic N) is 3. The zero-order valence-electron chi connectivity index (χ0n) is 11.2. The van der Waals surface area contributed by atoms with Gasteiger partial charge in [-0.25, -0.2) is 0 Å². The molecule has 0 saturated carbocycles. The second-order valence-electron chi connectivity index (χ2n) is 4.24. The number of aromatic nitrogens is 2. The molecule has 1 amide bonds. The van der Waals surface area contributed by atoms with E-state index in [4.69, 9.17) is 5.73 Å². The van der Waals surface area contributed by atoms with Crippen LogP contribution in [0.5, 0.6) is 0 Å². The molecule has 0 unspecified atom stereocenters. The number of carbonyl (C=O) groups is 1. The fraction of sp³-hybridized carbons (Fsp3) is 0.667. The molecule has 0 fully saturated rings. The maximum absolute atomic E-state index is 12.2. The number of nitrogen functional groups attached to an aromatic ring is 1. The molecule has 0 spiro atoms. The molecule has 0 saturated heterocycles. The van der Waals surface area contributed by atoms with Crippen molar-refractivity contribution in [1.82, 2.24) is 14.7 Å². The average Bonchev–Trinajstić information content (AvgIpc) is 2.61. The second-order valence-corrected chi connectivity index (χ2v) is 4.24. The maximum Gasteiger partial charge on any atom is 0.274 e. The summed E-state index contributed by atoms with van der Waals surface area (Å²) in [6, 6.07) is 0. The van der Waals surface area contributed by atoms with Crippen LogP contribution in [0.2, 0.25) is 0 Å². The number of amides is 1. The van der Waals surface area contributed by atoms with E-state index in [0.29, 0.717) is 17.9 Å². The highest BCUT2D eigenvalue weighted by Gasteiger charge is 2.21. The highest BCUT2D eigenvalue weighted by atomic mass is 16.2. The van der Waals surface area contributed by atoms with Crippen LogP contribution in [0.1, 0.15) is 42.9 Å². The number of nitrogens with two attached hydrogens (primary N) is 1. The third-order valence-electron chi connectivity index (χ3n) is 2.87. The Labute approximate surface area is 103 Å². The Bertz CT molecular complexity index is 397. The van der Waals surface area contributed by atoms with E-state index in [2.05, 4.69) is 12.0 Å². The number of hydrogen-bond acceptors (Lipinski definition) is 3. The fourth-order valence-corrected chi connectivity index (χ4v) is 1.73. The van der Waals surface area contributed by atoms with Crippen molar-refractivity contribution in [1.29, 1.82) is 0 Å². The Morgan fingerprint density at radius 3 is 2.65 bits per heavy atom. The second kappa shape index (κ2) is 5.70. The van der Waals surface area contributed by atoms with E-state index in [1.165, 1.54) is 0 Å². The molecule has 0 aliphatic carbocycles. The van der Waals surface area contributed by atoms with Crippen molar-refractivity contribution in [2.45, 2.75) is 40.2 Å². The van der Waals surface area contributed by atoms with Gasteiger partial charge in [-0.15, -0.1) is 0 Å². The summed E-state index contributed by atoms with van der Waals surface area (Å²) in [7, 11) is 1.81. The van der Waals surface area contributed by atoms with E-state index in [1.807, 2.05) is 13.8 Å². The molecule has 1 rings (SSSR count). The molecule has 17 heavy (non-hydrogen) atoms. The molecule has 1 heterocycles. The summed E-state index contributed by atoms with van der Waals surface area (Å²) < 4.78 is 1.68. The van der Waals surface area contributed by atoms with Gasteiger partial charge in [0, 0.05) is 20.1 Å². The lowest BCUT2D eigenvalue weighted by molar-refractivity contribution is 0.0782. The van der Waals surface area contributed by atoms with Crippen molar-refractivity contribution in [3.8, 4) is 0 Å². The molecule has 0 atom stereocenters. The van der Waals surface area contributed by atoms with Gasteiger partial charge in [-0.05, 0) is 20.3 Å². The van der Waals surface area contributed by atoms with Crippen LogP contribution < -0.4 is 5.73 Å². The first kappa shape index (κ1) is 13.5. The Kier molecular flexibility index (Phi) is 4.54. The van der Waals surface area contributed by atoms with Crippen LogP contribution in [-0.2, 0) is 6.54 Å². The van der Waals surface area contributed by atoms with Crippen LogP contribution >= 0.6 is 0 Å². The molecule has 5 heteroatoms. The zero-order valence-corrected chi connectivity index (χ0v) is 11.2. The first-order valence-corrected chi connectivity index (χ1v) is 6.11. The van der Waals surface area contributed by atoms with Gasteiger partial charge >= 0.3 is 0 Å². The summed E-state index contributed by atoms with van der Waals surface area (Å²) in [6.07, 6.45) is 2.07. The van der Waals surface area contributed by atoms with Gasteiger partial charge in [0.2, 0.25) is 0 Å². The molecule has 0 radical (unpaired) electrons. The topological polar surface area (TPSA) is 64.2 Å². The highest BCUT2D eigenvalue weighted by Crippen LogP contribution is 2.18. The third kappa shape index (κ3) is 2.78. The van der Waals surface area contributed by atoms with Gasteiger partial charge in [0.05, 0.1) is 11.4 Å². The van der Waals surface area contributed by atoms with Gasteiger partial charge in [0.1, 0.15) is 5.69 Å². The third-order valence-corrected chi connectivity index (χ3v) is 2.87. The molecule has 0 bridgehead atoms. The molecule has 1 aromatic heterocycles. The maximum atomic E-state index is 12.2. The van der Waals surface area contributed by atoms with Crippen molar-refractivity contribution in [3.63, 3.8) is 0 Å². The van der Waals surface area contributed by atoms with Gasteiger partial charge in [-0.1, -0.05) is 13.3 Å². The molecule has 0 aliphatic heterocycles. The summed E-state index contributed by atoms with van der Waals surface area (Å²) >= 11 is 0. The summed E-state index contributed by atoms with van der Waals surface area (Å²) in [5.41, 5.74) is 7.65. The van der Waals surface area contributed by atoms with Gasteiger partial charge in [-0.2, -0.15) is 5.10 Å². The summed E-state index contributed by atoms with van der Waals surface area (Å²) in [6.45, 7) is 7.29. The van der Waals surface area contributed by atoms with Crippen molar-refractivity contribution in [2.75, 3.05) is 19.3 Å². The van der Waals surface area contributed by atoms with E-state index >= 15 is 0 Å². The minimum Gasteiger partial charge on any atom is -0.395 e. The minimum atomic E-state index is -0.0431. The van der Waals surface area contributed by atoms with Crippen molar-refractivity contribution in [3.05, 3.63) is 11.4 Å². The monoisotopic (exact) mass is 238 g/mol. The normalized spacial score (nSPS) is 10.6. The molecular weight excluding hydrogens is 216 g/mol. The quantitative estimate of drug-likeness (QED) is 0.848. The molecule has 2 N–H and O–H groups in total. The molecule has 0 aromatic carbocycles. The molecule has 1 aromatic rings. The largest absolute Gasteiger partial charge is 0.395 e. The van der Waals surface area contributed by atoms with Crippen LogP contribution in [0, 0.1) is 6.92 Å². The standard InChI is InChI=1S/C12H22N4O/c1-5-7-8-15(4)12(17)11-10(13)9(3)14-16(11)6-2/h5-8,13H2,1-4H3. The van der Waals surface area contributed by atoms with Crippen LogP contribution in [-0.4, -0.2) is 34.2 Å². The average molecular weight is 238 g/mol. The Balaban J connectivity index is 2.95. The minimum absolute atomic E-state index is 0.0431. The van der Waals surface area contributed by atoms with Crippen molar-refractivity contribution < 1.29 is 4.79 Å². The fourth-order valence-electron chi connectivity index (χ4n) is 1.73. The van der Waals surface area contributed by atoms with Crippen LogP contribution in [0.3, 0.4) is 0 Å². The van der Waals surface area contributed by atoms with Crippen molar-refractivity contribution in [2.24, 2.45) is 0 Å². The zero-order chi connectivity index (χ0) is 13.0. The summed E-state index contributed by atoms with van der Waals surface area (Å²) in [4.78, 5) is 14.0. The summed E-state index contributed by atoms with van der Waals surface area (Å²) in [5, 5.41) is 4.26. The Morgan fingerprint density at radius 2 is 2.12 bits per heavy atom. The van der Waals surface area contributed by atoms with Crippen LogP contribution in [0.25, 0.3) is 0 Å². The highest BCUT2D eigenvalue weighted by molar-refractivity contribution is 5.97. The Hall–Kier alpha value is -1.52. The van der Waals surface area contributed by atoms with Gasteiger partial charge in [0.25, 0.3) is 5.91 Å². The lowest BCUT2D eigenvalue weighted by Gasteiger charge is -2.17.